The van der Waals surface area contributed by atoms with E-state index in [2.05, 4.69) is 22.9 Å². The minimum Gasteiger partial charge on any atom is -0.490 e. The molecule has 0 spiro atoms. The van der Waals surface area contributed by atoms with Gasteiger partial charge in [-0.05, 0) is 86.3 Å². The largest absolute Gasteiger partial charge is 0.490 e. The number of unbranched alkanes of at least 4 members (excludes halogenated alkanes) is 2. The van der Waals surface area contributed by atoms with E-state index in [1.54, 1.807) is 23.1 Å². The smallest absolute Gasteiger partial charge is 0.295 e. The van der Waals surface area contributed by atoms with Crippen molar-refractivity contribution < 1.29 is 18.7 Å². The van der Waals surface area contributed by atoms with Gasteiger partial charge >= 0.3 is 0 Å². The van der Waals surface area contributed by atoms with Gasteiger partial charge in [0.15, 0.2) is 16.9 Å². The first kappa shape index (κ1) is 27.0. The SMILES string of the molecule is CCCCCOc1ccc(C2c3c(oc4ccc(Br)cc4c3=O)C(=O)N2c2ccc(C)c(C)c2)cc1OCC. The number of carbonyl (C=O) groups excluding carboxylic acids is 1. The summed E-state index contributed by atoms with van der Waals surface area (Å²) in [6, 6.07) is 16.1. The maximum absolute atomic E-state index is 14.0. The molecule has 1 aromatic heterocycles. The van der Waals surface area contributed by atoms with Gasteiger partial charge in [0.05, 0.1) is 30.2 Å². The molecule has 0 radical (unpaired) electrons. The van der Waals surface area contributed by atoms with Crippen molar-refractivity contribution in [2.75, 3.05) is 18.1 Å². The highest BCUT2D eigenvalue weighted by Gasteiger charge is 2.44. The van der Waals surface area contributed by atoms with Crippen LogP contribution in [0, 0.1) is 13.8 Å². The number of hydrogen-bond acceptors (Lipinski definition) is 5. The highest BCUT2D eigenvalue weighted by atomic mass is 79.9. The molecule has 1 aliphatic heterocycles. The number of halogens is 1. The zero-order valence-electron chi connectivity index (χ0n) is 22.7. The minimum absolute atomic E-state index is 0.0657. The Morgan fingerprint density at radius 2 is 1.72 bits per heavy atom. The van der Waals surface area contributed by atoms with Gasteiger partial charge in [-0.2, -0.15) is 0 Å². The molecule has 39 heavy (non-hydrogen) atoms. The van der Waals surface area contributed by atoms with Crippen LogP contribution in [0.15, 0.2) is 68.3 Å². The zero-order chi connectivity index (χ0) is 27.7. The monoisotopic (exact) mass is 589 g/mol. The van der Waals surface area contributed by atoms with Crippen LogP contribution in [0.5, 0.6) is 11.5 Å². The topological polar surface area (TPSA) is 69.0 Å². The quantitative estimate of drug-likeness (QED) is 0.186. The number of fused-ring (bicyclic) bond motifs is 2. The van der Waals surface area contributed by atoms with E-state index in [1.165, 1.54) is 0 Å². The second kappa shape index (κ2) is 11.3. The average molecular weight is 591 g/mol. The molecule has 1 atom stereocenters. The van der Waals surface area contributed by atoms with E-state index in [1.807, 2.05) is 57.2 Å². The predicted octanol–water partition coefficient (Wildman–Crippen LogP) is 7.89. The molecule has 0 N–H and O–H groups in total. The number of anilines is 1. The Labute approximate surface area is 236 Å². The van der Waals surface area contributed by atoms with Gasteiger partial charge < -0.3 is 13.9 Å². The van der Waals surface area contributed by atoms with Crippen molar-refractivity contribution in [1.82, 2.24) is 0 Å². The summed E-state index contributed by atoms with van der Waals surface area (Å²) in [5.74, 6) is 0.947. The van der Waals surface area contributed by atoms with Gasteiger partial charge in [0, 0.05) is 10.2 Å². The van der Waals surface area contributed by atoms with Crippen LogP contribution in [0.4, 0.5) is 5.69 Å². The molecule has 6 nitrogen and oxygen atoms in total. The Morgan fingerprint density at radius 1 is 0.897 bits per heavy atom. The lowest BCUT2D eigenvalue weighted by atomic mass is 9.97. The van der Waals surface area contributed by atoms with E-state index in [-0.39, 0.29) is 17.1 Å². The van der Waals surface area contributed by atoms with Crippen molar-refractivity contribution in [3.8, 4) is 11.5 Å². The molecule has 1 aliphatic rings. The Bertz CT molecular complexity index is 1610. The van der Waals surface area contributed by atoms with Gasteiger partial charge in [0.1, 0.15) is 5.58 Å². The van der Waals surface area contributed by atoms with E-state index in [0.717, 1.165) is 40.4 Å². The first-order valence-corrected chi connectivity index (χ1v) is 14.2. The first-order chi connectivity index (χ1) is 18.8. The standard InChI is InChI=1S/C32H32BrNO5/c1-5-7-8-15-38-26-13-10-21(17-27(26)37-6-2)29-28-30(35)24-18-22(33)11-14-25(24)39-31(28)32(36)34(29)23-12-9-19(3)20(4)16-23/h9-14,16-18,29H,5-8,15H2,1-4H3. The van der Waals surface area contributed by atoms with Crippen LogP contribution < -0.4 is 19.8 Å². The molecule has 7 heteroatoms. The minimum atomic E-state index is -0.692. The van der Waals surface area contributed by atoms with Crippen LogP contribution >= 0.6 is 15.9 Å². The fourth-order valence-electron chi connectivity index (χ4n) is 5.02. The Balaban J connectivity index is 1.69. The molecule has 0 saturated carbocycles. The molecule has 0 bridgehead atoms. The second-order valence-corrected chi connectivity index (χ2v) is 10.8. The predicted molar refractivity (Wildman–Crippen MR) is 157 cm³/mol. The van der Waals surface area contributed by atoms with Gasteiger partial charge in [0.25, 0.3) is 5.91 Å². The number of amides is 1. The summed E-state index contributed by atoms with van der Waals surface area (Å²) in [6.07, 6.45) is 3.16. The molecule has 0 aliphatic carbocycles. The lowest BCUT2D eigenvalue weighted by Gasteiger charge is -2.26. The van der Waals surface area contributed by atoms with Crippen molar-refractivity contribution in [2.45, 2.75) is 53.0 Å². The Hall–Kier alpha value is -3.58. The Kier molecular flexibility index (Phi) is 7.80. The number of carbonyl (C=O) groups is 1. The van der Waals surface area contributed by atoms with Crippen LogP contribution in [0.2, 0.25) is 0 Å². The number of nitrogens with zero attached hydrogens (tertiary/aromatic N) is 1. The van der Waals surface area contributed by atoms with Gasteiger partial charge in [0.2, 0.25) is 5.76 Å². The molecule has 5 rings (SSSR count). The van der Waals surface area contributed by atoms with Crippen LogP contribution in [0.3, 0.4) is 0 Å². The third-order valence-corrected chi connectivity index (χ3v) is 7.68. The molecule has 202 valence electrons. The molecular weight excluding hydrogens is 558 g/mol. The highest BCUT2D eigenvalue weighted by molar-refractivity contribution is 9.10. The summed E-state index contributed by atoms with van der Waals surface area (Å²) >= 11 is 3.46. The third-order valence-electron chi connectivity index (χ3n) is 7.19. The number of benzene rings is 3. The number of rotatable bonds is 9. The van der Waals surface area contributed by atoms with E-state index in [0.29, 0.717) is 46.9 Å². The van der Waals surface area contributed by atoms with Gasteiger partial charge in [-0.1, -0.05) is 47.8 Å². The molecule has 0 fully saturated rings. The maximum Gasteiger partial charge on any atom is 0.295 e. The van der Waals surface area contributed by atoms with Crippen molar-refractivity contribution >= 4 is 38.5 Å². The summed E-state index contributed by atoms with van der Waals surface area (Å²) in [7, 11) is 0. The lowest BCUT2D eigenvalue weighted by molar-refractivity contribution is 0.0971. The Morgan fingerprint density at radius 3 is 2.46 bits per heavy atom. The van der Waals surface area contributed by atoms with Crippen LogP contribution in [-0.4, -0.2) is 19.1 Å². The van der Waals surface area contributed by atoms with Crippen molar-refractivity contribution in [3.05, 3.63) is 97.3 Å². The van der Waals surface area contributed by atoms with Crippen molar-refractivity contribution in [2.24, 2.45) is 0 Å². The maximum atomic E-state index is 14.0. The first-order valence-electron chi connectivity index (χ1n) is 13.4. The van der Waals surface area contributed by atoms with Crippen molar-refractivity contribution in [3.63, 3.8) is 0 Å². The molecule has 1 unspecified atom stereocenters. The molecule has 3 aromatic carbocycles. The lowest BCUT2D eigenvalue weighted by Crippen LogP contribution is -2.29. The molecule has 4 aromatic rings. The fraction of sp³-hybridized carbons (Fsp3) is 0.312. The highest BCUT2D eigenvalue weighted by Crippen LogP contribution is 2.43. The summed E-state index contributed by atoms with van der Waals surface area (Å²) in [5.41, 5.74) is 4.08. The number of hydrogen-bond donors (Lipinski definition) is 0. The summed E-state index contributed by atoms with van der Waals surface area (Å²) in [6.45, 7) is 9.16. The van der Waals surface area contributed by atoms with E-state index >= 15 is 0 Å². The third kappa shape index (κ3) is 5.08. The second-order valence-electron chi connectivity index (χ2n) is 9.86. The van der Waals surface area contributed by atoms with E-state index in [4.69, 9.17) is 13.9 Å². The summed E-state index contributed by atoms with van der Waals surface area (Å²) in [5, 5.41) is 0.420. The number of aryl methyl sites for hydroxylation is 2. The fourth-order valence-corrected chi connectivity index (χ4v) is 5.38. The molecule has 2 heterocycles. The van der Waals surface area contributed by atoms with Crippen molar-refractivity contribution in [1.29, 1.82) is 0 Å². The van der Waals surface area contributed by atoms with Gasteiger partial charge in [-0.15, -0.1) is 0 Å². The average Bonchev–Trinajstić information content (AvgIpc) is 3.22. The van der Waals surface area contributed by atoms with Crippen LogP contribution in [0.1, 0.15) is 72.0 Å². The summed E-state index contributed by atoms with van der Waals surface area (Å²) < 4.78 is 18.9. The van der Waals surface area contributed by atoms with Gasteiger partial charge in [-0.3, -0.25) is 14.5 Å². The normalized spacial score (nSPS) is 14.6. The molecular formula is C32H32BrNO5. The van der Waals surface area contributed by atoms with E-state index in [9.17, 15) is 9.59 Å². The number of ether oxygens (including phenoxy) is 2. The van der Waals surface area contributed by atoms with Gasteiger partial charge in [-0.25, -0.2) is 0 Å². The zero-order valence-corrected chi connectivity index (χ0v) is 24.3. The van der Waals surface area contributed by atoms with E-state index < -0.39 is 6.04 Å². The summed E-state index contributed by atoms with van der Waals surface area (Å²) in [4.78, 5) is 29.6. The van der Waals surface area contributed by atoms with Crippen LogP contribution in [-0.2, 0) is 0 Å². The molecule has 0 saturated heterocycles. The van der Waals surface area contributed by atoms with Crippen LogP contribution in [0.25, 0.3) is 11.0 Å². The molecule has 1 amide bonds.